The highest BCUT2D eigenvalue weighted by atomic mass is 16.2. The van der Waals surface area contributed by atoms with E-state index in [2.05, 4.69) is 20.8 Å². The molecule has 4 nitrogen and oxygen atoms in total. The van der Waals surface area contributed by atoms with E-state index in [1.165, 1.54) is 6.92 Å². The van der Waals surface area contributed by atoms with Gasteiger partial charge in [0.15, 0.2) is 0 Å². The lowest BCUT2D eigenvalue weighted by molar-refractivity contribution is -0.130. The van der Waals surface area contributed by atoms with Gasteiger partial charge in [-0.05, 0) is 22.6 Å². The number of amides is 2. The zero-order valence-electron chi connectivity index (χ0n) is 16.3. The summed E-state index contributed by atoms with van der Waals surface area (Å²) in [4.78, 5) is 28.3. The minimum atomic E-state index is -0.136. The van der Waals surface area contributed by atoms with Crippen LogP contribution in [-0.2, 0) is 21.5 Å². The fourth-order valence-corrected chi connectivity index (χ4v) is 2.91. The molecular weight excluding hydrogens is 324 g/mol. The Morgan fingerprint density at radius 1 is 0.923 bits per heavy atom. The number of carbonyl (C=O) groups is 2. The summed E-state index contributed by atoms with van der Waals surface area (Å²) in [7, 11) is 1.77. The molecule has 2 amide bonds. The van der Waals surface area contributed by atoms with Crippen molar-refractivity contribution >= 4 is 17.5 Å². The topological polar surface area (TPSA) is 40.6 Å². The van der Waals surface area contributed by atoms with E-state index in [0.717, 1.165) is 16.8 Å². The smallest absolute Gasteiger partial charge is 0.242 e. The Morgan fingerprint density at radius 3 is 2.08 bits per heavy atom. The van der Waals surface area contributed by atoms with Crippen LogP contribution in [0, 0.1) is 0 Å². The Morgan fingerprint density at radius 2 is 1.50 bits per heavy atom. The molecule has 0 aliphatic carbocycles. The summed E-state index contributed by atoms with van der Waals surface area (Å²) in [6, 6.07) is 17.6. The second-order valence-corrected chi connectivity index (χ2v) is 7.61. The monoisotopic (exact) mass is 352 g/mol. The number of rotatable bonds is 5. The molecule has 0 radical (unpaired) electrons. The summed E-state index contributed by atoms with van der Waals surface area (Å²) in [6.45, 7) is 8.37. The first-order valence-electron chi connectivity index (χ1n) is 8.85. The van der Waals surface area contributed by atoms with Gasteiger partial charge in [0.25, 0.3) is 0 Å². The first-order valence-corrected chi connectivity index (χ1v) is 8.85. The van der Waals surface area contributed by atoms with Crippen molar-refractivity contribution in [2.24, 2.45) is 0 Å². The molecule has 0 aliphatic rings. The fraction of sp³-hybridized carbons (Fsp3) is 0.364. The summed E-state index contributed by atoms with van der Waals surface area (Å²) < 4.78 is 0. The third kappa shape index (κ3) is 4.94. The molecule has 0 spiro atoms. The van der Waals surface area contributed by atoms with Crippen LogP contribution in [0.4, 0.5) is 5.69 Å². The zero-order chi connectivity index (χ0) is 19.3. The van der Waals surface area contributed by atoms with Gasteiger partial charge in [-0.1, -0.05) is 69.3 Å². The van der Waals surface area contributed by atoms with Gasteiger partial charge in [-0.3, -0.25) is 9.59 Å². The average Bonchev–Trinajstić information content (AvgIpc) is 2.59. The number of nitrogens with zero attached hydrogens (tertiary/aromatic N) is 2. The van der Waals surface area contributed by atoms with Gasteiger partial charge >= 0.3 is 0 Å². The number of hydrogen-bond donors (Lipinski definition) is 0. The molecule has 0 unspecified atom stereocenters. The van der Waals surface area contributed by atoms with Gasteiger partial charge in [0.1, 0.15) is 6.54 Å². The van der Waals surface area contributed by atoms with Crippen molar-refractivity contribution < 1.29 is 9.59 Å². The first kappa shape index (κ1) is 19.7. The molecule has 0 fully saturated rings. The molecule has 138 valence electrons. The van der Waals surface area contributed by atoms with Crippen LogP contribution in [0.1, 0.15) is 38.8 Å². The maximum Gasteiger partial charge on any atom is 0.242 e. The quantitative estimate of drug-likeness (QED) is 0.816. The van der Waals surface area contributed by atoms with Gasteiger partial charge in [0.05, 0.1) is 0 Å². The van der Waals surface area contributed by atoms with Crippen molar-refractivity contribution in [1.29, 1.82) is 0 Å². The summed E-state index contributed by atoms with van der Waals surface area (Å²) in [6.07, 6.45) is 0. The predicted molar refractivity (Wildman–Crippen MR) is 106 cm³/mol. The maximum absolute atomic E-state index is 12.7. The summed E-state index contributed by atoms with van der Waals surface area (Å²) in [5, 5.41) is 0. The standard InChI is InChI=1S/C22H28N2O2/c1-17(25)24(20-14-10-9-13-19(20)22(2,3)4)16-21(26)23(5)15-18-11-7-6-8-12-18/h6-14H,15-16H2,1-5H3. The van der Waals surface area contributed by atoms with E-state index in [1.807, 2.05) is 54.6 Å². The van der Waals surface area contributed by atoms with Gasteiger partial charge < -0.3 is 9.80 Å². The lowest BCUT2D eigenvalue weighted by Crippen LogP contribution is -2.41. The van der Waals surface area contributed by atoms with Crippen molar-refractivity contribution in [3.63, 3.8) is 0 Å². The van der Waals surface area contributed by atoms with Crippen LogP contribution in [0.2, 0.25) is 0 Å². The van der Waals surface area contributed by atoms with Crippen molar-refractivity contribution in [3.05, 3.63) is 65.7 Å². The van der Waals surface area contributed by atoms with Crippen LogP contribution >= 0.6 is 0 Å². The summed E-state index contributed by atoms with van der Waals surface area (Å²) >= 11 is 0. The van der Waals surface area contributed by atoms with Crippen molar-refractivity contribution in [1.82, 2.24) is 4.90 Å². The van der Waals surface area contributed by atoms with Crippen molar-refractivity contribution in [2.45, 2.75) is 39.7 Å². The SMILES string of the molecule is CC(=O)N(CC(=O)N(C)Cc1ccccc1)c1ccccc1C(C)(C)C. The van der Waals surface area contributed by atoms with E-state index >= 15 is 0 Å². The Hall–Kier alpha value is -2.62. The number of hydrogen-bond acceptors (Lipinski definition) is 2. The molecule has 0 bridgehead atoms. The van der Waals surface area contributed by atoms with Crippen LogP contribution in [0.15, 0.2) is 54.6 Å². The minimum absolute atomic E-state index is 0.0335. The number of carbonyl (C=O) groups excluding carboxylic acids is 2. The molecule has 2 rings (SSSR count). The highest BCUT2D eigenvalue weighted by Gasteiger charge is 2.25. The Bertz CT molecular complexity index is 763. The normalized spacial score (nSPS) is 11.1. The molecule has 0 N–H and O–H groups in total. The largest absolute Gasteiger partial charge is 0.340 e. The van der Waals surface area contributed by atoms with E-state index in [9.17, 15) is 9.59 Å². The Balaban J connectivity index is 2.21. The third-order valence-electron chi connectivity index (χ3n) is 4.36. The number of para-hydroxylation sites is 1. The number of anilines is 1. The second kappa shape index (κ2) is 8.17. The molecule has 4 heteroatoms. The zero-order valence-corrected chi connectivity index (χ0v) is 16.3. The summed E-state index contributed by atoms with van der Waals surface area (Å²) in [5.74, 6) is -0.226. The number of benzene rings is 2. The van der Waals surface area contributed by atoms with E-state index in [4.69, 9.17) is 0 Å². The Kier molecular flexibility index (Phi) is 6.19. The van der Waals surface area contributed by atoms with E-state index in [1.54, 1.807) is 16.8 Å². The molecule has 0 aliphatic heterocycles. The molecule has 26 heavy (non-hydrogen) atoms. The lowest BCUT2D eigenvalue weighted by atomic mass is 9.85. The molecule has 0 atom stereocenters. The molecule has 0 saturated carbocycles. The summed E-state index contributed by atoms with van der Waals surface area (Å²) in [5.41, 5.74) is 2.79. The van der Waals surface area contributed by atoms with Crippen molar-refractivity contribution in [3.8, 4) is 0 Å². The van der Waals surface area contributed by atoms with Crippen LogP contribution in [0.25, 0.3) is 0 Å². The van der Waals surface area contributed by atoms with Gasteiger partial charge in [0.2, 0.25) is 11.8 Å². The maximum atomic E-state index is 12.7. The van der Waals surface area contributed by atoms with E-state index in [0.29, 0.717) is 6.54 Å². The third-order valence-corrected chi connectivity index (χ3v) is 4.36. The van der Waals surface area contributed by atoms with Crippen LogP contribution < -0.4 is 4.90 Å². The molecule has 0 aromatic heterocycles. The van der Waals surface area contributed by atoms with Gasteiger partial charge in [-0.2, -0.15) is 0 Å². The van der Waals surface area contributed by atoms with Crippen molar-refractivity contribution in [2.75, 3.05) is 18.5 Å². The van der Waals surface area contributed by atoms with Gasteiger partial charge in [0, 0.05) is 26.2 Å². The first-order chi connectivity index (χ1) is 12.2. The highest BCUT2D eigenvalue weighted by molar-refractivity contribution is 5.98. The second-order valence-electron chi connectivity index (χ2n) is 7.61. The van der Waals surface area contributed by atoms with Crippen LogP contribution in [0.3, 0.4) is 0 Å². The van der Waals surface area contributed by atoms with Gasteiger partial charge in [-0.25, -0.2) is 0 Å². The number of likely N-dealkylation sites (N-methyl/N-ethyl adjacent to an activating group) is 1. The molecule has 0 saturated heterocycles. The molecule has 2 aromatic rings. The van der Waals surface area contributed by atoms with E-state index in [-0.39, 0.29) is 23.8 Å². The van der Waals surface area contributed by atoms with Crippen LogP contribution in [-0.4, -0.2) is 30.3 Å². The predicted octanol–water partition coefficient (Wildman–Crippen LogP) is 4.00. The van der Waals surface area contributed by atoms with Crippen LogP contribution in [0.5, 0.6) is 0 Å². The molecule has 0 heterocycles. The highest BCUT2D eigenvalue weighted by Crippen LogP contribution is 2.32. The fourth-order valence-electron chi connectivity index (χ4n) is 2.91. The minimum Gasteiger partial charge on any atom is -0.340 e. The van der Waals surface area contributed by atoms with Gasteiger partial charge in [-0.15, -0.1) is 0 Å². The van der Waals surface area contributed by atoms with E-state index < -0.39 is 0 Å². The average molecular weight is 352 g/mol. The lowest BCUT2D eigenvalue weighted by Gasteiger charge is -2.30. The molecule has 2 aromatic carbocycles. The molecular formula is C22H28N2O2. The Labute approximate surface area is 156 Å².